The number of anilines is 1. The van der Waals surface area contributed by atoms with Gasteiger partial charge in [0, 0.05) is 15.5 Å². The van der Waals surface area contributed by atoms with Crippen molar-refractivity contribution in [1.29, 1.82) is 0 Å². The molecule has 102 valence electrons. The molecule has 1 aromatic carbocycles. The van der Waals surface area contributed by atoms with Gasteiger partial charge in [-0.25, -0.2) is 0 Å². The first-order valence-corrected chi connectivity index (χ1v) is 8.12. The fraction of sp³-hybridized carbons (Fsp3) is 0.533. The van der Waals surface area contributed by atoms with Crippen LogP contribution >= 0.6 is 27.5 Å². The Morgan fingerprint density at radius 3 is 2.89 bits per heavy atom. The van der Waals surface area contributed by atoms with Gasteiger partial charge in [0.15, 0.2) is 0 Å². The number of hydrogen-bond acceptors (Lipinski definition) is 1. The van der Waals surface area contributed by atoms with E-state index in [-0.39, 0.29) is 5.91 Å². The van der Waals surface area contributed by atoms with E-state index in [2.05, 4.69) is 34.2 Å². The predicted molar refractivity (Wildman–Crippen MR) is 82.0 cm³/mol. The van der Waals surface area contributed by atoms with E-state index < -0.39 is 0 Å². The SMILES string of the molecule is CC1CCCC1C(Br)c1cc2c(cc1Cl)NC(=O)C2. The van der Waals surface area contributed by atoms with Crippen molar-refractivity contribution in [3.05, 3.63) is 28.3 Å². The van der Waals surface area contributed by atoms with E-state index in [0.717, 1.165) is 27.8 Å². The lowest BCUT2D eigenvalue weighted by atomic mass is 9.90. The Kier molecular flexibility index (Phi) is 3.61. The number of carbonyl (C=O) groups excluding carboxylic acids is 1. The third kappa shape index (κ3) is 2.43. The Hall–Kier alpha value is -0.540. The summed E-state index contributed by atoms with van der Waals surface area (Å²) < 4.78 is 0. The molecule has 1 amide bonds. The highest BCUT2D eigenvalue weighted by atomic mass is 79.9. The maximum atomic E-state index is 11.4. The fourth-order valence-corrected chi connectivity index (χ4v) is 4.90. The van der Waals surface area contributed by atoms with Gasteiger partial charge in [0.05, 0.1) is 6.42 Å². The molecule has 4 heteroatoms. The molecule has 1 aromatic rings. The molecule has 2 nitrogen and oxygen atoms in total. The zero-order valence-electron chi connectivity index (χ0n) is 10.9. The summed E-state index contributed by atoms with van der Waals surface area (Å²) in [4.78, 5) is 11.7. The molecule has 0 bridgehead atoms. The molecule has 0 aromatic heterocycles. The Bertz CT molecular complexity index is 531. The summed E-state index contributed by atoms with van der Waals surface area (Å²) in [5.41, 5.74) is 3.08. The lowest BCUT2D eigenvalue weighted by Gasteiger charge is -2.23. The van der Waals surface area contributed by atoms with Crippen LogP contribution in [-0.4, -0.2) is 5.91 Å². The van der Waals surface area contributed by atoms with Gasteiger partial charge in [-0.2, -0.15) is 0 Å². The van der Waals surface area contributed by atoms with Crippen LogP contribution in [-0.2, 0) is 11.2 Å². The lowest BCUT2D eigenvalue weighted by Crippen LogP contribution is -2.11. The van der Waals surface area contributed by atoms with Crippen LogP contribution in [0.5, 0.6) is 0 Å². The van der Waals surface area contributed by atoms with E-state index in [4.69, 9.17) is 11.6 Å². The average Bonchev–Trinajstić information content (AvgIpc) is 2.92. The molecule has 3 atom stereocenters. The number of hydrogen-bond donors (Lipinski definition) is 1. The Morgan fingerprint density at radius 2 is 2.21 bits per heavy atom. The maximum Gasteiger partial charge on any atom is 0.228 e. The molecule has 1 aliphatic heterocycles. The number of alkyl halides is 1. The third-order valence-electron chi connectivity index (χ3n) is 4.45. The molecule has 1 fully saturated rings. The van der Waals surface area contributed by atoms with E-state index in [1.54, 1.807) is 0 Å². The summed E-state index contributed by atoms with van der Waals surface area (Å²) in [7, 11) is 0. The summed E-state index contributed by atoms with van der Waals surface area (Å²) >= 11 is 10.2. The molecule has 1 N–H and O–H groups in total. The molecule has 1 saturated carbocycles. The van der Waals surface area contributed by atoms with Crippen molar-refractivity contribution in [2.45, 2.75) is 37.4 Å². The second-order valence-corrected chi connectivity index (χ2v) is 7.12. The van der Waals surface area contributed by atoms with Crippen molar-refractivity contribution in [1.82, 2.24) is 0 Å². The van der Waals surface area contributed by atoms with Gasteiger partial charge in [-0.1, -0.05) is 53.4 Å². The number of fused-ring (bicyclic) bond motifs is 1. The predicted octanol–water partition coefficient (Wildman–Crippen LogP) is 4.71. The van der Waals surface area contributed by atoms with Crippen LogP contribution < -0.4 is 5.32 Å². The Labute approximate surface area is 127 Å². The zero-order chi connectivity index (χ0) is 13.6. The Balaban J connectivity index is 1.93. The number of amides is 1. The van der Waals surface area contributed by atoms with E-state index in [9.17, 15) is 4.79 Å². The molecule has 1 heterocycles. The van der Waals surface area contributed by atoms with Gasteiger partial charge in [-0.05, 0) is 35.4 Å². The lowest BCUT2D eigenvalue weighted by molar-refractivity contribution is -0.115. The molecule has 1 aliphatic carbocycles. The molecule has 3 rings (SSSR count). The van der Waals surface area contributed by atoms with Crippen LogP contribution in [0.4, 0.5) is 5.69 Å². The topological polar surface area (TPSA) is 29.1 Å². The smallest absolute Gasteiger partial charge is 0.228 e. The van der Waals surface area contributed by atoms with Gasteiger partial charge in [0.1, 0.15) is 0 Å². The largest absolute Gasteiger partial charge is 0.325 e. The van der Waals surface area contributed by atoms with Crippen molar-refractivity contribution < 1.29 is 4.79 Å². The number of carbonyl (C=O) groups is 1. The highest BCUT2D eigenvalue weighted by Crippen LogP contribution is 2.47. The Morgan fingerprint density at radius 1 is 1.42 bits per heavy atom. The van der Waals surface area contributed by atoms with Crippen LogP contribution in [0, 0.1) is 11.8 Å². The summed E-state index contributed by atoms with van der Waals surface area (Å²) in [6.45, 7) is 2.32. The zero-order valence-corrected chi connectivity index (χ0v) is 13.2. The van der Waals surface area contributed by atoms with Crippen LogP contribution in [0.15, 0.2) is 12.1 Å². The summed E-state index contributed by atoms with van der Waals surface area (Å²) in [6.07, 6.45) is 4.33. The molecule has 0 saturated heterocycles. The van der Waals surface area contributed by atoms with Gasteiger partial charge in [-0.15, -0.1) is 0 Å². The molecule has 0 radical (unpaired) electrons. The summed E-state index contributed by atoms with van der Waals surface area (Å²) in [5.74, 6) is 1.43. The van der Waals surface area contributed by atoms with Crippen molar-refractivity contribution >= 4 is 39.1 Å². The number of nitrogens with one attached hydrogen (secondary N) is 1. The van der Waals surface area contributed by atoms with Gasteiger partial charge < -0.3 is 5.32 Å². The van der Waals surface area contributed by atoms with Crippen molar-refractivity contribution in [2.75, 3.05) is 5.32 Å². The minimum atomic E-state index is 0.0589. The van der Waals surface area contributed by atoms with E-state index in [1.807, 2.05) is 6.07 Å². The van der Waals surface area contributed by atoms with Gasteiger partial charge in [0.2, 0.25) is 5.91 Å². The maximum absolute atomic E-state index is 11.4. The second kappa shape index (κ2) is 5.10. The third-order valence-corrected chi connectivity index (χ3v) is 5.95. The van der Waals surface area contributed by atoms with Gasteiger partial charge in [-0.3, -0.25) is 4.79 Å². The molecule has 0 spiro atoms. The normalized spacial score (nSPS) is 27.2. The standard InChI is InChI=1S/C15H17BrClNO/c1-8-3-2-4-10(8)15(16)11-5-9-6-14(19)18-13(9)7-12(11)17/h5,7-8,10,15H,2-4,6H2,1H3,(H,18,19). The summed E-state index contributed by atoms with van der Waals surface area (Å²) in [5, 5.41) is 3.60. The first-order chi connectivity index (χ1) is 9.06. The monoisotopic (exact) mass is 341 g/mol. The second-order valence-electron chi connectivity index (χ2n) is 5.73. The van der Waals surface area contributed by atoms with Gasteiger partial charge in [0.25, 0.3) is 0 Å². The number of rotatable bonds is 2. The first-order valence-electron chi connectivity index (χ1n) is 6.82. The number of halogens is 2. The highest BCUT2D eigenvalue weighted by Gasteiger charge is 2.32. The van der Waals surface area contributed by atoms with Crippen molar-refractivity contribution in [2.24, 2.45) is 11.8 Å². The molecule has 3 unspecified atom stereocenters. The van der Waals surface area contributed by atoms with E-state index in [0.29, 0.717) is 17.2 Å². The highest BCUT2D eigenvalue weighted by molar-refractivity contribution is 9.09. The quantitative estimate of drug-likeness (QED) is 0.775. The minimum Gasteiger partial charge on any atom is -0.325 e. The molecular formula is C15H17BrClNO. The first kappa shape index (κ1) is 13.4. The summed E-state index contributed by atoms with van der Waals surface area (Å²) in [6, 6.07) is 3.99. The van der Waals surface area contributed by atoms with Crippen LogP contribution in [0.1, 0.15) is 42.1 Å². The van der Waals surface area contributed by atoms with Gasteiger partial charge >= 0.3 is 0 Å². The number of benzene rings is 1. The fourth-order valence-electron chi connectivity index (χ4n) is 3.32. The van der Waals surface area contributed by atoms with Crippen molar-refractivity contribution in [3.8, 4) is 0 Å². The van der Waals surface area contributed by atoms with Crippen LogP contribution in [0.25, 0.3) is 0 Å². The van der Waals surface area contributed by atoms with E-state index in [1.165, 1.54) is 19.3 Å². The molecular weight excluding hydrogens is 326 g/mol. The molecule has 19 heavy (non-hydrogen) atoms. The minimum absolute atomic E-state index is 0.0589. The van der Waals surface area contributed by atoms with E-state index >= 15 is 0 Å². The van der Waals surface area contributed by atoms with Crippen LogP contribution in [0.2, 0.25) is 5.02 Å². The molecule has 2 aliphatic rings. The van der Waals surface area contributed by atoms with Crippen molar-refractivity contribution in [3.63, 3.8) is 0 Å². The van der Waals surface area contributed by atoms with Crippen LogP contribution in [0.3, 0.4) is 0 Å². The average molecular weight is 343 g/mol.